The van der Waals surface area contributed by atoms with Gasteiger partial charge in [0.2, 0.25) is 11.8 Å². The van der Waals surface area contributed by atoms with Gasteiger partial charge in [-0.3, -0.25) is 9.59 Å². The smallest absolute Gasteiger partial charge is 0.744 e. The van der Waals surface area contributed by atoms with Crippen molar-refractivity contribution in [3.63, 3.8) is 0 Å². The summed E-state index contributed by atoms with van der Waals surface area (Å²) in [6, 6.07) is 16.0. The van der Waals surface area contributed by atoms with Gasteiger partial charge in [-0.25, -0.2) is 18.0 Å². The molecule has 256 valence electrons. The monoisotopic (exact) mass is 703 g/mol. The quantitative estimate of drug-likeness (QED) is 0.0723. The number of urea groups is 1. The van der Waals surface area contributed by atoms with Crippen molar-refractivity contribution in [1.82, 2.24) is 16.0 Å². The third-order valence-electron chi connectivity index (χ3n) is 7.94. The van der Waals surface area contributed by atoms with Gasteiger partial charge in [-0.15, -0.1) is 0 Å². The molecule has 3 aromatic rings. The van der Waals surface area contributed by atoms with E-state index in [1.54, 1.807) is 13.8 Å². The van der Waals surface area contributed by atoms with Crippen LogP contribution in [0.15, 0.2) is 71.6 Å². The molecule has 2 atom stereocenters. The summed E-state index contributed by atoms with van der Waals surface area (Å²) in [4.78, 5) is 50.2. The number of hydrogen-bond donors (Lipinski definition) is 6. The van der Waals surface area contributed by atoms with Crippen molar-refractivity contribution in [2.45, 2.75) is 56.2 Å². The molecule has 49 heavy (non-hydrogen) atoms. The third kappa shape index (κ3) is 10.3. The van der Waals surface area contributed by atoms with Crippen LogP contribution in [0.5, 0.6) is 0 Å². The largest absolute Gasteiger partial charge is 1.00 e. The summed E-state index contributed by atoms with van der Waals surface area (Å²) in [6.07, 6.45) is -0.612. The van der Waals surface area contributed by atoms with Crippen LogP contribution in [0.2, 0.25) is 0 Å². The second-order valence-corrected chi connectivity index (χ2v) is 13.0. The maximum atomic E-state index is 13.5. The van der Waals surface area contributed by atoms with E-state index in [0.29, 0.717) is 0 Å². The van der Waals surface area contributed by atoms with Crippen molar-refractivity contribution in [3.8, 4) is 11.1 Å². The van der Waals surface area contributed by atoms with E-state index < -0.39 is 63.6 Å². The molecule has 0 bridgehead atoms. The third-order valence-corrected chi connectivity index (χ3v) is 8.86. The summed E-state index contributed by atoms with van der Waals surface area (Å²) in [5.74, 6) is -2.08. The maximum Gasteiger partial charge on any atom is 1.00 e. The summed E-state index contributed by atoms with van der Waals surface area (Å²) >= 11 is 0. The summed E-state index contributed by atoms with van der Waals surface area (Å²) in [5.41, 5.74) is 9.06. The number of nitrogens with two attached hydrogens (primary N) is 1. The van der Waals surface area contributed by atoms with E-state index in [0.717, 1.165) is 28.3 Å². The van der Waals surface area contributed by atoms with E-state index >= 15 is 0 Å². The van der Waals surface area contributed by atoms with E-state index in [-0.39, 0.29) is 72.7 Å². The number of aliphatic hydroxyl groups is 1. The molecular formula is C33H38N5NaO9S. The van der Waals surface area contributed by atoms with E-state index in [4.69, 9.17) is 10.5 Å². The average molecular weight is 704 g/mol. The Bertz CT molecular complexity index is 1740. The zero-order chi connectivity index (χ0) is 35.0. The van der Waals surface area contributed by atoms with Crippen LogP contribution >= 0.6 is 0 Å². The molecule has 3 aromatic carbocycles. The molecule has 1 aliphatic rings. The molecule has 0 spiro atoms. The van der Waals surface area contributed by atoms with Crippen LogP contribution in [-0.2, 0) is 31.1 Å². The van der Waals surface area contributed by atoms with E-state index in [1.807, 2.05) is 48.5 Å². The molecule has 4 rings (SSSR count). The Hall–Kier alpha value is -3.99. The van der Waals surface area contributed by atoms with Crippen LogP contribution < -0.4 is 56.6 Å². The first-order valence-corrected chi connectivity index (χ1v) is 16.7. The zero-order valence-electron chi connectivity index (χ0n) is 27.4. The number of rotatable bonds is 14. The fourth-order valence-corrected chi connectivity index (χ4v) is 6.30. The molecule has 0 radical (unpaired) electrons. The standard InChI is InChI=1S/C33H39N5O9S.Na/c1-19(2)29(38-33(43)47-18-26-24-10-5-3-8-22(24)23-9-4-6-11-25(23)26)31(41)37-27(12-7-15-35-32(34)42)30(40)36-21-14-13-20(17-39)28(16-21)48(44,45)46;/h3-6,8-11,13-14,16,19,26-27,29,39H,7,12,15,17-18H2,1-2H3,(H,36,40)(H,37,41)(H,38,43)(H3,34,35,42)(H,44,45,46);/q;+1/p-1. The fourth-order valence-electron chi connectivity index (χ4n) is 5.58. The number of carbonyl (C=O) groups is 4. The Morgan fingerprint density at radius 1 is 0.939 bits per heavy atom. The van der Waals surface area contributed by atoms with Crippen molar-refractivity contribution in [3.05, 3.63) is 83.4 Å². The topological polar surface area (TPSA) is 229 Å². The molecule has 2 unspecified atom stereocenters. The number of amides is 5. The van der Waals surface area contributed by atoms with Crippen LogP contribution in [0.3, 0.4) is 0 Å². The Balaban J connectivity index is 0.00000650. The van der Waals surface area contributed by atoms with Gasteiger partial charge in [0, 0.05) is 18.2 Å². The molecule has 1 aliphatic carbocycles. The average Bonchev–Trinajstić information content (AvgIpc) is 3.36. The Morgan fingerprint density at radius 3 is 2.10 bits per heavy atom. The number of carbonyl (C=O) groups excluding carboxylic acids is 4. The predicted molar refractivity (Wildman–Crippen MR) is 175 cm³/mol. The second kappa shape index (κ2) is 17.6. The summed E-state index contributed by atoms with van der Waals surface area (Å²) in [6.45, 7) is 2.80. The number of anilines is 1. The van der Waals surface area contributed by atoms with Crippen molar-refractivity contribution in [2.75, 3.05) is 18.5 Å². The molecule has 0 heterocycles. The Kier molecular flexibility index (Phi) is 14.2. The van der Waals surface area contributed by atoms with Crippen molar-refractivity contribution in [2.24, 2.45) is 11.7 Å². The number of benzene rings is 3. The molecule has 0 fully saturated rings. The van der Waals surface area contributed by atoms with Crippen LogP contribution in [0.25, 0.3) is 11.1 Å². The molecule has 5 amide bonds. The number of primary amides is 1. The predicted octanol–water partition coefficient (Wildman–Crippen LogP) is -0.478. The van der Waals surface area contributed by atoms with Gasteiger partial charge in [0.05, 0.1) is 11.5 Å². The normalized spacial score (nSPS) is 13.2. The first-order chi connectivity index (χ1) is 22.8. The molecule has 0 saturated heterocycles. The van der Waals surface area contributed by atoms with Gasteiger partial charge in [0.15, 0.2) is 0 Å². The maximum absolute atomic E-state index is 13.5. The number of hydrogen-bond acceptors (Lipinski definition) is 9. The van der Waals surface area contributed by atoms with Crippen LogP contribution in [0.4, 0.5) is 15.3 Å². The van der Waals surface area contributed by atoms with Crippen molar-refractivity contribution in [1.29, 1.82) is 0 Å². The molecule has 7 N–H and O–H groups in total. The van der Waals surface area contributed by atoms with Crippen LogP contribution in [0, 0.1) is 5.92 Å². The summed E-state index contributed by atoms with van der Waals surface area (Å²) in [7, 11) is -4.98. The second-order valence-electron chi connectivity index (χ2n) is 11.6. The molecule has 0 aliphatic heterocycles. The number of fused-ring (bicyclic) bond motifs is 3. The van der Waals surface area contributed by atoms with E-state index in [1.165, 1.54) is 12.1 Å². The molecule has 0 saturated carbocycles. The molecule has 16 heteroatoms. The minimum Gasteiger partial charge on any atom is -0.744 e. The minimum atomic E-state index is -4.98. The van der Waals surface area contributed by atoms with Gasteiger partial charge in [0.1, 0.15) is 28.8 Å². The summed E-state index contributed by atoms with van der Waals surface area (Å²) < 4.78 is 40.7. The van der Waals surface area contributed by atoms with Gasteiger partial charge < -0.3 is 41.4 Å². The van der Waals surface area contributed by atoms with Crippen molar-refractivity contribution < 1.29 is 71.5 Å². The molecule has 0 aromatic heterocycles. The van der Waals surface area contributed by atoms with Gasteiger partial charge >= 0.3 is 41.7 Å². The van der Waals surface area contributed by atoms with Gasteiger partial charge in [0.25, 0.3) is 0 Å². The van der Waals surface area contributed by atoms with Gasteiger partial charge in [-0.1, -0.05) is 68.4 Å². The number of alkyl carbamates (subject to hydrolysis) is 1. The Labute approximate surface area is 306 Å². The van der Waals surface area contributed by atoms with E-state index in [2.05, 4.69) is 21.3 Å². The minimum absolute atomic E-state index is 0. The molecule has 14 nitrogen and oxygen atoms in total. The van der Waals surface area contributed by atoms with Gasteiger partial charge in [-0.05, 0) is 58.7 Å². The van der Waals surface area contributed by atoms with Crippen LogP contribution in [0.1, 0.15) is 49.3 Å². The number of nitrogens with one attached hydrogen (secondary N) is 4. The van der Waals surface area contributed by atoms with Gasteiger partial charge in [-0.2, -0.15) is 0 Å². The SMILES string of the molecule is CC(C)C(NC(=O)OCC1c2ccccc2-c2ccccc21)C(=O)NC(CCCNC(N)=O)C(=O)Nc1ccc(CO)c(S(=O)(=O)[O-])c1.[Na+]. The Morgan fingerprint density at radius 2 is 1.55 bits per heavy atom. The van der Waals surface area contributed by atoms with Crippen LogP contribution in [-0.4, -0.2) is 67.3 Å². The van der Waals surface area contributed by atoms with E-state index in [9.17, 15) is 37.3 Å². The first kappa shape index (κ1) is 39.4. The zero-order valence-corrected chi connectivity index (χ0v) is 30.2. The summed E-state index contributed by atoms with van der Waals surface area (Å²) in [5, 5.41) is 19.5. The molecular weight excluding hydrogens is 665 g/mol. The fraction of sp³-hybridized carbons (Fsp3) is 0.333. The first-order valence-electron chi connectivity index (χ1n) is 15.3. The van der Waals surface area contributed by atoms with Crippen molar-refractivity contribution >= 4 is 39.7 Å². The number of ether oxygens (including phenoxy) is 1. The number of aliphatic hydroxyl groups excluding tert-OH is 1.